The Balaban J connectivity index is 2.86. The molecule has 0 bridgehead atoms. The van der Waals surface area contributed by atoms with E-state index in [0.717, 1.165) is 0 Å². The number of rotatable bonds is 15. The zero-order valence-corrected chi connectivity index (χ0v) is 14.4. The lowest BCUT2D eigenvalue weighted by atomic mass is 10.0. The molecule has 1 heteroatoms. The molecule has 0 unspecified atom stereocenters. The van der Waals surface area contributed by atoms with Gasteiger partial charge in [-0.1, -0.05) is 109 Å². The second-order valence-corrected chi connectivity index (χ2v) is 6.51. The molecule has 0 saturated heterocycles. The first-order valence-electron chi connectivity index (χ1n) is 8.71. The monoisotopic (exact) mass is 269 g/mol. The van der Waals surface area contributed by atoms with E-state index in [2.05, 4.69) is 17.2 Å². The number of hydrogen-bond acceptors (Lipinski definition) is 0. The van der Waals surface area contributed by atoms with Gasteiger partial charge in [0.15, 0.2) is 0 Å². The minimum Gasteiger partial charge on any atom is -0.0654 e. The molecule has 0 heterocycles. The SMILES string of the molecule is CCCCCCCCCCCCCCCCC[SiH2]. The molecule has 0 aromatic carbocycles. The van der Waals surface area contributed by atoms with Crippen molar-refractivity contribution in [1.29, 1.82) is 0 Å². The van der Waals surface area contributed by atoms with Gasteiger partial charge in [0, 0.05) is 10.2 Å². The van der Waals surface area contributed by atoms with Gasteiger partial charge in [-0.3, -0.25) is 0 Å². The highest BCUT2D eigenvalue weighted by molar-refractivity contribution is 6.08. The molecule has 0 aliphatic rings. The maximum Gasteiger partial charge on any atom is 0.00797 e. The average molecular weight is 270 g/mol. The Morgan fingerprint density at radius 2 is 0.722 bits per heavy atom. The van der Waals surface area contributed by atoms with E-state index in [4.69, 9.17) is 0 Å². The lowest BCUT2D eigenvalue weighted by molar-refractivity contribution is 0.534. The highest BCUT2D eigenvalue weighted by Crippen LogP contribution is 2.13. The minimum atomic E-state index is 1.37. The van der Waals surface area contributed by atoms with Crippen LogP contribution in [0.1, 0.15) is 103 Å². The predicted molar refractivity (Wildman–Crippen MR) is 88.3 cm³/mol. The molecule has 109 valence electrons. The molecule has 0 atom stereocenters. The molecule has 0 N–H and O–H groups in total. The molecule has 0 amide bonds. The van der Waals surface area contributed by atoms with Crippen molar-refractivity contribution in [2.75, 3.05) is 0 Å². The number of hydrogen-bond donors (Lipinski definition) is 0. The van der Waals surface area contributed by atoms with Gasteiger partial charge in [0.2, 0.25) is 0 Å². The Morgan fingerprint density at radius 1 is 0.444 bits per heavy atom. The quantitative estimate of drug-likeness (QED) is 0.256. The topological polar surface area (TPSA) is 0 Å². The van der Waals surface area contributed by atoms with Gasteiger partial charge in [-0.05, 0) is 0 Å². The molecule has 0 saturated carbocycles. The molecular weight excluding hydrogens is 232 g/mol. The second kappa shape index (κ2) is 17.2. The van der Waals surface area contributed by atoms with E-state index in [1.54, 1.807) is 0 Å². The van der Waals surface area contributed by atoms with Crippen molar-refractivity contribution >= 4 is 10.2 Å². The summed E-state index contributed by atoms with van der Waals surface area (Å²) in [5.74, 6) is 0. The van der Waals surface area contributed by atoms with Gasteiger partial charge >= 0.3 is 0 Å². The van der Waals surface area contributed by atoms with E-state index in [-0.39, 0.29) is 0 Å². The fourth-order valence-corrected chi connectivity index (χ4v) is 2.90. The summed E-state index contributed by atoms with van der Waals surface area (Å²) < 4.78 is 0. The summed E-state index contributed by atoms with van der Waals surface area (Å²) in [5, 5.41) is 0. The Kier molecular flexibility index (Phi) is 17.4. The summed E-state index contributed by atoms with van der Waals surface area (Å²) in [6.45, 7) is 2.29. The van der Waals surface area contributed by atoms with Crippen molar-refractivity contribution in [3.8, 4) is 0 Å². The van der Waals surface area contributed by atoms with Crippen LogP contribution < -0.4 is 0 Å². The zero-order valence-electron chi connectivity index (χ0n) is 13.0. The van der Waals surface area contributed by atoms with Gasteiger partial charge in [0.05, 0.1) is 0 Å². The van der Waals surface area contributed by atoms with E-state index in [1.165, 1.54) is 102 Å². The van der Waals surface area contributed by atoms with Crippen molar-refractivity contribution in [3.05, 3.63) is 0 Å². The van der Waals surface area contributed by atoms with Gasteiger partial charge in [-0.25, -0.2) is 0 Å². The van der Waals surface area contributed by atoms with Crippen molar-refractivity contribution in [2.45, 2.75) is 109 Å². The Bertz CT molecular complexity index is 118. The largest absolute Gasteiger partial charge is 0.0654 e. The molecule has 0 fully saturated rings. The summed E-state index contributed by atoms with van der Waals surface area (Å²) in [7, 11) is 2.12. The van der Waals surface area contributed by atoms with Crippen molar-refractivity contribution in [3.63, 3.8) is 0 Å². The molecular formula is C17H37Si. The molecule has 0 rings (SSSR count). The van der Waals surface area contributed by atoms with Crippen molar-refractivity contribution in [1.82, 2.24) is 0 Å². The molecule has 0 spiro atoms. The summed E-state index contributed by atoms with van der Waals surface area (Å²) in [5.41, 5.74) is 0. The fourth-order valence-electron chi connectivity index (χ4n) is 2.55. The highest BCUT2D eigenvalue weighted by Gasteiger charge is 1.93. The van der Waals surface area contributed by atoms with Crippen LogP contribution in [-0.2, 0) is 0 Å². The van der Waals surface area contributed by atoms with Gasteiger partial charge in [-0.2, -0.15) is 0 Å². The van der Waals surface area contributed by atoms with Gasteiger partial charge in [0.25, 0.3) is 0 Å². The lowest BCUT2D eigenvalue weighted by Crippen LogP contribution is -1.83. The fraction of sp³-hybridized carbons (Fsp3) is 1.00. The predicted octanol–water partition coefficient (Wildman–Crippen LogP) is 5.91. The van der Waals surface area contributed by atoms with Gasteiger partial charge in [-0.15, -0.1) is 0 Å². The molecule has 0 aromatic heterocycles. The highest BCUT2D eigenvalue weighted by atomic mass is 28.1. The summed E-state index contributed by atoms with van der Waals surface area (Å²) in [6.07, 6.45) is 22.1. The minimum absolute atomic E-state index is 1.37. The first-order valence-corrected chi connectivity index (χ1v) is 9.71. The molecule has 0 nitrogen and oxygen atoms in total. The van der Waals surface area contributed by atoms with Crippen LogP contribution in [0, 0.1) is 0 Å². The van der Waals surface area contributed by atoms with E-state index in [0.29, 0.717) is 0 Å². The van der Waals surface area contributed by atoms with Crippen LogP contribution in [0.15, 0.2) is 0 Å². The van der Waals surface area contributed by atoms with E-state index in [1.807, 2.05) is 0 Å². The van der Waals surface area contributed by atoms with Crippen LogP contribution in [0.5, 0.6) is 0 Å². The maximum atomic E-state index is 2.29. The van der Waals surface area contributed by atoms with Crippen LogP contribution in [0.4, 0.5) is 0 Å². The number of unbranched alkanes of at least 4 members (excludes halogenated alkanes) is 14. The van der Waals surface area contributed by atoms with E-state index < -0.39 is 0 Å². The Morgan fingerprint density at radius 3 is 1.00 bits per heavy atom. The average Bonchev–Trinajstić information content (AvgIpc) is 2.39. The summed E-state index contributed by atoms with van der Waals surface area (Å²) in [4.78, 5) is 0. The van der Waals surface area contributed by atoms with Crippen LogP contribution in [0.2, 0.25) is 6.04 Å². The zero-order chi connectivity index (χ0) is 13.3. The molecule has 18 heavy (non-hydrogen) atoms. The third-order valence-electron chi connectivity index (χ3n) is 3.85. The molecule has 0 aliphatic heterocycles. The van der Waals surface area contributed by atoms with Crippen LogP contribution in [-0.4, -0.2) is 10.2 Å². The molecule has 1 radical (unpaired) electrons. The normalized spacial score (nSPS) is 11.0. The summed E-state index contributed by atoms with van der Waals surface area (Å²) >= 11 is 0. The third kappa shape index (κ3) is 16.2. The third-order valence-corrected chi connectivity index (χ3v) is 4.35. The molecule has 0 aliphatic carbocycles. The van der Waals surface area contributed by atoms with Crippen LogP contribution >= 0.6 is 0 Å². The van der Waals surface area contributed by atoms with Crippen molar-refractivity contribution < 1.29 is 0 Å². The second-order valence-electron chi connectivity index (χ2n) is 5.80. The lowest BCUT2D eigenvalue weighted by Gasteiger charge is -2.03. The first-order chi connectivity index (χ1) is 8.91. The summed E-state index contributed by atoms with van der Waals surface area (Å²) in [6, 6.07) is 1.40. The van der Waals surface area contributed by atoms with Crippen LogP contribution in [0.25, 0.3) is 0 Å². The standard InChI is InChI=1S/C17H37Si/c1-2-3-4-5-6-7-8-9-10-11-12-13-14-15-16-17-18/h2-18H2,1H3. The Labute approximate surface area is 120 Å². The van der Waals surface area contributed by atoms with Gasteiger partial charge < -0.3 is 0 Å². The first kappa shape index (κ1) is 18.2. The van der Waals surface area contributed by atoms with Crippen LogP contribution in [0.3, 0.4) is 0 Å². The molecule has 0 aromatic rings. The van der Waals surface area contributed by atoms with Crippen molar-refractivity contribution in [2.24, 2.45) is 0 Å². The smallest absolute Gasteiger partial charge is 0.00797 e. The maximum absolute atomic E-state index is 2.29. The van der Waals surface area contributed by atoms with E-state index >= 15 is 0 Å². The van der Waals surface area contributed by atoms with E-state index in [9.17, 15) is 0 Å². The Hall–Kier alpha value is 0.217. The van der Waals surface area contributed by atoms with Gasteiger partial charge in [0.1, 0.15) is 0 Å².